The molecule has 0 fully saturated rings. The van der Waals surface area contributed by atoms with E-state index >= 15 is 0 Å². The van der Waals surface area contributed by atoms with Crippen molar-refractivity contribution in [3.8, 4) is 0 Å². The third-order valence-electron chi connectivity index (χ3n) is 4.97. The molecule has 6 heteroatoms. The van der Waals surface area contributed by atoms with Gasteiger partial charge in [0.2, 0.25) is 5.91 Å². The maximum atomic E-state index is 13.1. The quantitative estimate of drug-likeness (QED) is 0.740. The molecule has 28 heavy (non-hydrogen) atoms. The van der Waals surface area contributed by atoms with E-state index in [1.807, 2.05) is 37.3 Å². The normalized spacial score (nSPS) is 13.5. The maximum absolute atomic E-state index is 13.1. The van der Waals surface area contributed by atoms with Gasteiger partial charge in [0.05, 0.1) is 16.9 Å². The molecule has 0 saturated carbocycles. The Morgan fingerprint density at radius 3 is 2.11 bits per heavy atom. The highest BCUT2D eigenvalue weighted by Gasteiger charge is 2.24. The van der Waals surface area contributed by atoms with Gasteiger partial charge in [0.15, 0.2) is 0 Å². The first kappa shape index (κ1) is 19.6. The van der Waals surface area contributed by atoms with Gasteiger partial charge in [-0.05, 0) is 45.4 Å². The average Bonchev–Trinajstić information content (AvgIpc) is 2.68. The van der Waals surface area contributed by atoms with Gasteiger partial charge in [-0.3, -0.25) is 18.7 Å². The fraction of sp³-hybridized carbons (Fsp3) is 0.318. The van der Waals surface area contributed by atoms with E-state index in [0.29, 0.717) is 10.9 Å². The number of amides is 1. The predicted octanol–water partition coefficient (Wildman–Crippen LogP) is 3.18. The van der Waals surface area contributed by atoms with Gasteiger partial charge >= 0.3 is 5.69 Å². The average molecular weight is 379 g/mol. The molecular formula is C22H25N3O3. The monoisotopic (exact) mass is 379 g/mol. The van der Waals surface area contributed by atoms with Crippen LogP contribution in [-0.4, -0.2) is 15.0 Å². The number of hydrogen-bond donors (Lipinski definition) is 1. The number of nitrogens with zero attached hydrogens (tertiary/aromatic N) is 2. The maximum Gasteiger partial charge on any atom is 0.332 e. The fourth-order valence-electron chi connectivity index (χ4n) is 3.41. The summed E-state index contributed by atoms with van der Waals surface area (Å²) in [6.07, 6.45) is 0. The van der Waals surface area contributed by atoms with Gasteiger partial charge in [0.25, 0.3) is 5.56 Å². The number of carbonyl (C=O) groups is 1. The summed E-state index contributed by atoms with van der Waals surface area (Å²) in [7, 11) is 0. The zero-order valence-corrected chi connectivity index (χ0v) is 16.5. The highest BCUT2D eigenvalue weighted by atomic mass is 16.2. The minimum atomic E-state index is -0.769. The minimum Gasteiger partial charge on any atom is -0.348 e. The van der Waals surface area contributed by atoms with Crippen LogP contribution in [-0.2, 0) is 4.79 Å². The lowest BCUT2D eigenvalue weighted by Crippen LogP contribution is -2.45. The van der Waals surface area contributed by atoms with Crippen LogP contribution in [0, 0.1) is 0 Å². The Bertz CT molecular complexity index is 1110. The van der Waals surface area contributed by atoms with E-state index in [4.69, 9.17) is 0 Å². The molecule has 2 atom stereocenters. The molecule has 0 aliphatic heterocycles. The molecule has 1 aromatic heterocycles. The highest BCUT2D eigenvalue weighted by Crippen LogP contribution is 2.17. The fourth-order valence-corrected chi connectivity index (χ4v) is 3.41. The van der Waals surface area contributed by atoms with Crippen LogP contribution in [0.1, 0.15) is 51.4 Å². The van der Waals surface area contributed by atoms with Crippen molar-refractivity contribution in [3.63, 3.8) is 0 Å². The summed E-state index contributed by atoms with van der Waals surface area (Å²) in [6, 6.07) is 15.2. The summed E-state index contributed by atoms with van der Waals surface area (Å²) < 4.78 is 2.61. The number of hydrogen-bond acceptors (Lipinski definition) is 3. The molecule has 3 rings (SSSR count). The van der Waals surface area contributed by atoms with Crippen LogP contribution in [0.15, 0.2) is 64.2 Å². The van der Waals surface area contributed by atoms with Crippen LogP contribution in [0.2, 0.25) is 0 Å². The molecule has 0 radical (unpaired) electrons. The molecule has 1 N–H and O–H groups in total. The molecule has 0 aliphatic rings. The van der Waals surface area contributed by atoms with Crippen molar-refractivity contribution < 1.29 is 4.79 Å². The Morgan fingerprint density at radius 1 is 0.857 bits per heavy atom. The number of benzene rings is 2. The van der Waals surface area contributed by atoms with Gasteiger partial charge < -0.3 is 5.32 Å². The molecule has 2 aromatic carbocycles. The largest absolute Gasteiger partial charge is 0.348 e. The number of para-hydroxylation sites is 1. The van der Waals surface area contributed by atoms with Crippen LogP contribution in [0.4, 0.5) is 0 Å². The number of aromatic nitrogens is 2. The lowest BCUT2D eigenvalue weighted by Gasteiger charge is -2.22. The summed E-state index contributed by atoms with van der Waals surface area (Å²) in [5.41, 5.74) is 0.627. The van der Waals surface area contributed by atoms with Crippen LogP contribution < -0.4 is 16.6 Å². The molecule has 6 nitrogen and oxygen atoms in total. The first-order valence-electron chi connectivity index (χ1n) is 9.44. The van der Waals surface area contributed by atoms with Gasteiger partial charge in [0.1, 0.15) is 6.04 Å². The SMILES string of the molecule is CC(C)n1c(=O)c2ccccc2n([C@@H](C)C(=O)N[C@H](C)c2ccccc2)c1=O. The van der Waals surface area contributed by atoms with Crippen molar-refractivity contribution in [1.82, 2.24) is 14.5 Å². The van der Waals surface area contributed by atoms with Crippen LogP contribution >= 0.6 is 0 Å². The van der Waals surface area contributed by atoms with Crippen LogP contribution in [0.25, 0.3) is 10.9 Å². The second-order valence-electron chi connectivity index (χ2n) is 7.26. The van der Waals surface area contributed by atoms with Crippen LogP contribution in [0.3, 0.4) is 0 Å². The minimum absolute atomic E-state index is 0.200. The third-order valence-corrected chi connectivity index (χ3v) is 4.97. The zero-order valence-electron chi connectivity index (χ0n) is 16.5. The molecule has 1 amide bonds. The van der Waals surface area contributed by atoms with Gasteiger partial charge in [-0.25, -0.2) is 4.79 Å². The van der Waals surface area contributed by atoms with Crippen molar-refractivity contribution in [2.24, 2.45) is 0 Å². The second-order valence-corrected chi connectivity index (χ2v) is 7.26. The lowest BCUT2D eigenvalue weighted by atomic mass is 10.1. The number of carbonyl (C=O) groups excluding carboxylic acids is 1. The summed E-state index contributed by atoms with van der Waals surface area (Å²) >= 11 is 0. The molecule has 0 unspecified atom stereocenters. The van der Waals surface area contributed by atoms with Crippen molar-refractivity contribution >= 4 is 16.8 Å². The Morgan fingerprint density at radius 2 is 1.46 bits per heavy atom. The van der Waals surface area contributed by atoms with Crippen LogP contribution in [0.5, 0.6) is 0 Å². The van der Waals surface area contributed by atoms with E-state index in [1.165, 1.54) is 9.13 Å². The molecule has 3 aromatic rings. The van der Waals surface area contributed by atoms with Gasteiger partial charge in [-0.15, -0.1) is 0 Å². The van der Waals surface area contributed by atoms with E-state index < -0.39 is 11.7 Å². The molecule has 1 heterocycles. The van der Waals surface area contributed by atoms with Crippen molar-refractivity contribution in [3.05, 3.63) is 81.0 Å². The molecule has 0 saturated heterocycles. The Labute approximate surface area is 163 Å². The first-order valence-corrected chi connectivity index (χ1v) is 9.44. The summed E-state index contributed by atoms with van der Waals surface area (Å²) in [4.78, 5) is 38.8. The standard InChI is InChI=1S/C22H25N3O3/c1-14(2)24-21(27)18-12-8-9-13-19(18)25(22(24)28)16(4)20(26)23-15(3)17-10-6-5-7-11-17/h5-16H,1-4H3,(H,23,26)/t15-,16+/m1/s1. The first-order chi connectivity index (χ1) is 13.3. The Balaban J connectivity index is 2.06. The predicted molar refractivity (Wildman–Crippen MR) is 111 cm³/mol. The van der Waals surface area contributed by atoms with E-state index in [0.717, 1.165) is 5.56 Å². The molecule has 0 aliphatic carbocycles. The smallest absolute Gasteiger partial charge is 0.332 e. The highest BCUT2D eigenvalue weighted by molar-refractivity contribution is 5.84. The third kappa shape index (κ3) is 3.50. The molecule has 0 spiro atoms. The van der Waals surface area contributed by atoms with E-state index in [9.17, 15) is 14.4 Å². The van der Waals surface area contributed by atoms with Gasteiger partial charge in [-0.1, -0.05) is 42.5 Å². The zero-order chi connectivity index (χ0) is 20.4. The molecule has 146 valence electrons. The molecule has 0 bridgehead atoms. The van der Waals surface area contributed by atoms with E-state index in [-0.39, 0.29) is 23.6 Å². The van der Waals surface area contributed by atoms with Gasteiger partial charge in [-0.2, -0.15) is 0 Å². The lowest BCUT2D eigenvalue weighted by molar-refractivity contribution is -0.124. The van der Waals surface area contributed by atoms with Crippen molar-refractivity contribution in [1.29, 1.82) is 0 Å². The molecular weight excluding hydrogens is 354 g/mol. The van der Waals surface area contributed by atoms with Crippen molar-refractivity contribution in [2.45, 2.75) is 45.8 Å². The Hall–Kier alpha value is -3.15. The summed E-state index contributed by atoms with van der Waals surface area (Å²) in [5, 5.41) is 3.39. The number of fused-ring (bicyclic) bond motifs is 1. The number of nitrogens with one attached hydrogen (secondary N) is 1. The summed E-state index contributed by atoms with van der Waals surface area (Å²) in [6.45, 7) is 7.14. The van der Waals surface area contributed by atoms with E-state index in [2.05, 4.69) is 5.32 Å². The summed E-state index contributed by atoms with van der Waals surface area (Å²) in [5.74, 6) is -0.280. The topological polar surface area (TPSA) is 73.1 Å². The second kappa shape index (κ2) is 7.84. The number of rotatable bonds is 5. The van der Waals surface area contributed by atoms with Crippen molar-refractivity contribution in [2.75, 3.05) is 0 Å². The van der Waals surface area contributed by atoms with E-state index in [1.54, 1.807) is 45.0 Å². The Kier molecular flexibility index (Phi) is 5.49. The van der Waals surface area contributed by atoms with Gasteiger partial charge in [0, 0.05) is 6.04 Å².